The predicted molar refractivity (Wildman–Crippen MR) is 92.3 cm³/mol. The Kier molecular flexibility index (Phi) is 4.35. The number of aromatic amines is 2. The Hall–Kier alpha value is -2.33. The molecule has 0 aliphatic rings. The van der Waals surface area contributed by atoms with Crippen molar-refractivity contribution in [1.29, 1.82) is 0 Å². The van der Waals surface area contributed by atoms with E-state index in [1.165, 1.54) is 23.1 Å². The highest BCUT2D eigenvalue weighted by molar-refractivity contribution is 8.02. The molecule has 0 unspecified atom stereocenters. The van der Waals surface area contributed by atoms with Crippen molar-refractivity contribution in [1.82, 2.24) is 20.2 Å². The molecule has 3 rings (SSSR count). The van der Waals surface area contributed by atoms with Crippen LogP contribution >= 0.6 is 23.1 Å². The second-order valence-electron chi connectivity index (χ2n) is 4.71. The maximum atomic E-state index is 12.3. The highest BCUT2D eigenvalue weighted by Gasteiger charge is 2.17. The normalized spacial score (nSPS) is 12.3. The molecule has 0 saturated heterocycles. The van der Waals surface area contributed by atoms with E-state index in [9.17, 15) is 9.59 Å². The number of anilines is 2. The minimum Gasteiger partial charge on any atom is -0.363 e. The lowest BCUT2D eigenvalue weighted by atomic mass is 10.2. The van der Waals surface area contributed by atoms with Crippen molar-refractivity contribution in [2.75, 3.05) is 17.7 Å². The van der Waals surface area contributed by atoms with E-state index in [2.05, 4.69) is 30.8 Å². The highest BCUT2D eigenvalue weighted by atomic mass is 32.2. The van der Waals surface area contributed by atoms with Gasteiger partial charge in [-0.1, -0.05) is 23.1 Å². The summed E-state index contributed by atoms with van der Waals surface area (Å²) in [5.74, 6) is -0.145. The molecule has 0 spiro atoms. The standard InChI is InChI=1S/C13H14N6O2S2/c1-6(22-13-19-18-12(14-2)23-13)10(20)15-7-3-4-8-9(5-7)17-11(21)16-8/h3-6H,1-2H3,(H,14,18)(H,15,20)(H2,16,17,21)/t6-/m0/s1. The lowest BCUT2D eigenvalue weighted by molar-refractivity contribution is -0.115. The number of nitrogens with zero attached hydrogens (tertiary/aromatic N) is 2. The van der Waals surface area contributed by atoms with Gasteiger partial charge in [-0.25, -0.2) is 4.79 Å². The molecule has 0 radical (unpaired) electrons. The number of hydrogen-bond acceptors (Lipinski definition) is 7. The number of H-pyrrole nitrogens is 2. The average Bonchev–Trinajstić information content (AvgIpc) is 3.11. The Morgan fingerprint density at radius 1 is 1.30 bits per heavy atom. The summed E-state index contributed by atoms with van der Waals surface area (Å²) in [5.41, 5.74) is 1.70. The molecular formula is C13H14N6O2S2. The number of rotatable bonds is 5. The van der Waals surface area contributed by atoms with Crippen LogP contribution in [0.2, 0.25) is 0 Å². The van der Waals surface area contributed by atoms with Crippen molar-refractivity contribution in [3.05, 3.63) is 28.7 Å². The van der Waals surface area contributed by atoms with Gasteiger partial charge in [-0.3, -0.25) is 4.79 Å². The van der Waals surface area contributed by atoms with Crippen LogP contribution in [0.15, 0.2) is 27.3 Å². The first-order valence-electron chi connectivity index (χ1n) is 6.76. The van der Waals surface area contributed by atoms with Crippen LogP contribution in [0.5, 0.6) is 0 Å². The van der Waals surface area contributed by atoms with Crippen LogP contribution in [-0.2, 0) is 4.79 Å². The number of thioether (sulfide) groups is 1. The number of benzene rings is 1. The van der Waals surface area contributed by atoms with Gasteiger partial charge in [-0.2, -0.15) is 0 Å². The van der Waals surface area contributed by atoms with Gasteiger partial charge >= 0.3 is 5.69 Å². The van der Waals surface area contributed by atoms with Gasteiger partial charge in [0.15, 0.2) is 4.34 Å². The van der Waals surface area contributed by atoms with Gasteiger partial charge in [0.2, 0.25) is 11.0 Å². The number of carbonyl (C=O) groups excluding carboxylic acids is 1. The molecule has 0 fully saturated rings. The highest BCUT2D eigenvalue weighted by Crippen LogP contribution is 2.29. The minimum absolute atomic E-state index is 0.145. The fraction of sp³-hybridized carbons (Fsp3) is 0.231. The third-order valence-electron chi connectivity index (χ3n) is 3.05. The molecule has 3 aromatic rings. The number of imidazole rings is 1. The SMILES string of the molecule is CNc1nnc(S[C@@H](C)C(=O)Nc2ccc3[nH]c(=O)[nH]c3c2)s1. The molecule has 1 aromatic carbocycles. The van der Waals surface area contributed by atoms with Crippen LogP contribution in [0.1, 0.15) is 6.92 Å². The Bertz CT molecular complexity index is 899. The third-order valence-corrected chi connectivity index (χ3v) is 5.18. The third kappa shape index (κ3) is 3.54. The summed E-state index contributed by atoms with van der Waals surface area (Å²) in [6.45, 7) is 1.80. The number of carbonyl (C=O) groups is 1. The van der Waals surface area contributed by atoms with Gasteiger partial charge in [0.1, 0.15) is 0 Å². The van der Waals surface area contributed by atoms with Gasteiger partial charge in [-0.05, 0) is 25.1 Å². The van der Waals surface area contributed by atoms with E-state index in [1.54, 1.807) is 32.2 Å². The van der Waals surface area contributed by atoms with E-state index in [1.807, 2.05) is 0 Å². The van der Waals surface area contributed by atoms with Crippen molar-refractivity contribution in [3.8, 4) is 0 Å². The Morgan fingerprint density at radius 2 is 2.09 bits per heavy atom. The Labute approximate surface area is 139 Å². The molecule has 1 amide bonds. The van der Waals surface area contributed by atoms with E-state index in [-0.39, 0.29) is 16.8 Å². The van der Waals surface area contributed by atoms with E-state index in [0.29, 0.717) is 21.9 Å². The van der Waals surface area contributed by atoms with Gasteiger partial charge in [-0.15, -0.1) is 10.2 Å². The number of amides is 1. The molecule has 4 N–H and O–H groups in total. The van der Waals surface area contributed by atoms with Crippen LogP contribution in [0.3, 0.4) is 0 Å². The second kappa shape index (κ2) is 6.42. The average molecular weight is 350 g/mol. The van der Waals surface area contributed by atoms with E-state index < -0.39 is 0 Å². The quantitative estimate of drug-likeness (QED) is 0.522. The van der Waals surface area contributed by atoms with Gasteiger partial charge in [0.05, 0.1) is 16.3 Å². The van der Waals surface area contributed by atoms with Gasteiger partial charge in [0.25, 0.3) is 0 Å². The minimum atomic E-state index is -0.325. The largest absolute Gasteiger partial charge is 0.363 e. The van der Waals surface area contributed by atoms with Crippen molar-refractivity contribution in [2.24, 2.45) is 0 Å². The molecule has 0 aliphatic heterocycles. The van der Waals surface area contributed by atoms with Crippen molar-refractivity contribution >= 4 is 50.9 Å². The lowest BCUT2D eigenvalue weighted by Crippen LogP contribution is -2.22. The zero-order valence-corrected chi connectivity index (χ0v) is 14.0. The Morgan fingerprint density at radius 3 is 2.83 bits per heavy atom. The number of fused-ring (bicyclic) bond motifs is 1. The zero-order chi connectivity index (χ0) is 16.4. The van der Waals surface area contributed by atoms with E-state index >= 15 is 0 Å². The molecule has 2 aromatic heterocycles. The summed E-state index contributed by atoms with van der Waals surface area (Å²) in [6, 6.07) is 5.20. The molecule has 1 atom stereocenters. The van der Waals surface area contributed by atoms with Crippen LogP contribution in [0, 0.1) is 0 Å². The van der Waals surface area contributed by atoms with Crippen molar-refractivity contribution in [3.63, 3.8) is 0 Å². The maximum absolute atomic E-state index is 12.3. The summed E-state index contributed by atoms with van der Waals surface area (Å²) in [5, 5.41) is 14.1. The first kappa shape index (κ1) is 15.6. The molecule has 2 heterocycles. The topological polar surface area (TPSA) is 116 Å². The molecular weight excluding hydrogens is 336 g/mol. The number of aromatic nitrogens is 4. The molecule has 0 bridgehead atoms. The number of hydrogen-bond donors (Lipinski definition) is 4. The molecule has 0 aliphatic carbocycles. The predicted octanol–water partition coefficient (Wildman–Crippen LogP) is 1.87. The molecule has 120 valence electrons. The smallest absolute Gasteiger partial charge is 0.323 e. The summed E-state index contributed by atoms with van der Waals surface area (Å²) in [6.07, 6.45) is 0. The van der Waals surface area contributed by atoms with Crippen LogP contribution in [-0.4, -0.2) is 38.4 Å². The molecule has 10 heteroatoms. The van der Waals surface area contributed by atoms with E-state index in [0.717, 1.165) is 4.34 Å². The van der Waals surface area contributed by atoms with Crippen LogP contribution in [0.4, 0.5) is 10.8 Å². The summed E-state index contributed by atoms with van der Waals surface area (Å²) < 4.78 is 0.724. The maximum Gasteiger partial charge on any atom is 0.323 e. The number of nitrogens with one attached hydrogen (secondary N) is 4. The monoisotopic (exact) mass is 350 g/mol. The summed E-state index contributed by atoms with van der Waals surface area (Å²) in [4.78, 5) is 28.8. The molecule has 23 heavy (non-hydrogen) atoms. The molecule has 8 nitrogen and oxygen atoms in total. The summed E-state index contributed by atoms with van der Waals surface area (Å²) >= 11 is 2.74. The lowest BCUT2D eigenvalue weighted by Gasteiger charge is -2.10. The van der Waals surface area contributed by atoms with Gasteiger partial charge < -0.3 is 20.6 Å². The van der Waals surface area contributed by atoms with Crippen molar-refractivity contribution < 1.29 is 4.79 Å². The first-order chi connectivity index (χ1) is 11.0. The fourth-order valence-electron chi connectivity index (χ4n) is 1.92. The van der Waals surface area contributed by atoms with E-state index in [4.69, 9.17) is 0 Å². The summed E-state index contributed by atoms with van der Waals surface area (Å²) in [7, 11) is 1.77. The van der Waals surface area contributed by atoms with Crippen LogP contribution in [0.25, 0.3) is 11.0 Å². The zero-order valence-electron chi connectivity index (χ0n) is 12.3. The first-order valence-corrected chi connectivity index (χ1v) is 8.45. The fourth-order valence-corrected chi connectivity index (χ4v) is 3.77. The van der Waals surface area contributed by atoms with Gasteiger partial charge in [0, 0.05) is 12.7 Å². The Balaban J connectivity index is 1.67. The molecule has 0 saturated carbocycles. The second-order valence-corrected chi connectivity index (χ2v) is 7.28. The van der Waals surface area contributed by atoms with Crippen LogP contribution < -0.4 is 16.3 Å². The van der Waals surface area contributed by atoms with Crippen molar-refractivity contribution in [2.45, 2.75) is 16.5 Å².